The van der Waals surface area contributed by atoms with Crippen molar-refractivity contribution in [3.63, 3.8) is 0 Å². The highest BCUT2D eigenvalue weighted by molar-refractivity contribution is 14.0. The minimum absolute atomic E-state index is 0. The molecule has 2 heterocycles. The van der Waals surface area contributed by atoms with Gasteiger partial charge in [0.2, 0.25) is 0 Å². The lowest BCUT2D eigenvalue weighted by atomic mass is 10.00. The molecule has 27 heavy (non-hydrogen) atoms. The molecule has 6 heteroatoms. The highest BCUT2D eigenvalue weighted by Crippen LogP contribution is 2.24. The van der Waals surface area contributed by atoms with Crippen LogP contribution in [0.25, 0.3) is 0 Å². The standard InChI is InChI=1S/C21H30N4S.HI/c1-15-12-16(2)19(17(3)13-15)14-23-21(22-4)24-18-7-9-25(10-8-18)20-6-5-11-26-20;/h5-6,11-13,18H,7-10,14H2,1-4H3,(H2,22,23,24);1H. The Morgan fingerprint density at radius 3 is 2.41 bits per heavy atom. The van der Waals surface area contributed by atoms with E-state index in [9.17, 15) is 0 Å². The normalized spacial score (nSPS) is 15.4. The van der Waals surface area contributed by atoms with E-state index in [1.54, 1.807) is 0 Å². The first-order valence-corrected chi connectivity index (χ1v) is 10.3. The molecule has 148 valence electrons. The number of rotatable bonds is 4. The van der Waals surface area contributed by atoms with E-state index in [4.69, 9.17) is 0 Å². The summed E-state index contributed by atoms with van der Waals surface area (Å²) in [6.45, 7) is 9.55. The SMILES string of the molecule is CN=C(NCc1c(C)cc(C)cc1C)NC1CCN(c2cccs2)CC1.I. The molecular weight excluding hydrogens is 467 g/mol. The van der Waals surface area contributed by atoms with Gasteiger partial charge in [-0.2, -0.15) is 0 Å². The molecule has 0 atom stereocenters. The average molecular weight is 498 g/mol. The Balaban J connectivity index is 0.00000261. The number of halogens is 1. The molecule has 0 aliphatic carbocycles. The molecule has 3 rings (SSSR count). The highest BCUT2D eigenvalue weighted by Gasteiger charge is 2.20. The molecule has 0 spiro atoms. The number of aryl methyl sites for hydroxylation is 3. The fraction of sp³-hybridized carbons (Fsp3) is 0.476. The lowest BCUT2D eigenvalue weighted by Crippen LogP contribution is -2.48. The molecule has 4 nitrogen and oxygen atoms in total. The molecule has 1 aromatic heterocycles. The minimum atomic E-state index is 0. The third-order valence-corrected chi connectivity index (χ3v) is 6.08. The van der Waals surface area contributed by atoms with E-state index in [2.05, 4.69) is 70.9 Å². The third-order valence-electron chi connectivity index (χ3n) is 5.15. The van der Waals surface area contributed by atoms with Crippen molar-refractivity contribution >= 4 is 46.3 Å². The van der Waals surface area contributed by atoms with Gasteiger partial charge >= 0.3 is 0 Å². The van der Waals surface area contributed by atoms with Crippen LogP contribution in [0.15, 0.2) is 34.6 Å². The zero-order valence-corrected chi connectivity index (χ0v) is 19.9. The number of anilines is 1. The molecule has 0 unspecified atom stereocenters. The number of nitrogens with zero attached hydrogens (tertiary/aromatic N) is 2. The van der Waals surface area contributed by atoms with Gasteiger partial charge in [-0.15, -0.1) is 35.3 Å². The summed E-state index contributed by atoms with van der Waals surface area (Å²) in [5.74, 6) is 0.902. The Morgan fingerprint density at radius 1 is 1.19 bits per heavy atom. The van der Waals surface area contributed by atoms with E-state index >= 15 is 0 Å². The molecule has 2 N–H and O–H groups in total. The van der Waals surface area contributed by atoms with Crippen molar-refractivity contribution < 1.29 is 0 Å². The van der Waals surface area contributed by atoms with Gasteiger partial charge in [0.1, 0.15) is 0 Å². The summed E-state index contributed by atoms with van der Waals surface area (Å²) in [4.78, 5) is 6.91. The Morgan fingerprint density at radius 2 is 1.85 bits per heavy atom. The third kappa shape index (κ3) is 5.85. The van der Waals surface area contributed by atoms with E-state index < -0.39 is 0 Å². The second-order valence-corrected chi connectivity index (χ2v) is 8.09. The quantitative estimate of drug-likeness (QED) is 0.367. The zero-order valence-electron chi connectivity index (χ0n) is 16.7. The van der Waals surface area contributed by atoms with Crippen LogP contribution in [0.1, 0.15) is 35.1 Å². The fourth-order valence-electron chi connectivity index (χ4n) is 3.74. The molecule has 0 amide bonds. The van der Waals surface area contributed by atoms with E-state index in [-0.39, 0.29) is 24.0 Å². The first-order chi connectivity index (χ1) is 12.6. The first kappa shape index (κ1) is 22.0. The Kier molecular flexibility index (Phi) is 8.41. The maximum absolute atomic E-state index is 4.43. The van der Waals surface area contributed by atoms with Crippen LogP contribution in [0.2, 0.25) is 0 Å². The van der Waals surface area contributed by atoms with Gasteiger partial charge in [0.15, 0.2) is 5.96 Å². The Hall–Kier alpha value is -1.28. The van der Waals surface area contributed by atoms with Crippen LogP contribution in [-0.2, 0) is 6.54 Å². The lowest BCUT2D eigenvalue weighted by Gasteiger charge is -2.33. The molecule has 0 saturated carbocycles. The summed E-state index contributed by atoms with van der Waals surface area (Å²) in [5.41, 5.74) is 5.37. The van der Waals surface area contributed by atoms with Gasteiger partial charge in [-0.3, -0.25) is 4.99 Å². The summed E-state index contributed by atoms with van der Waals surface area (Å²) < 4.78 is 0. The van der Waals surface area contributed by atoms with Crippen LogP contribution >= 0.6 is 35.3 Å². The van der Waals surface area contributed by atoms with Gasteiger partial charge in [0.05, 0.1) is 5.00 Å². The van der Waals surface area contributed by atoms with Crippen LogP contribution in [0.4, 0.5) is 5.00 Å². The molecule has 1 aliphatic heterocycles. The lowest BCUT2D eigenvalue weighted by molar-refractivity contribution is 0.462. The monoisotopic (exact) mass is 498 g/mol. The summed E-state index contributed by atoms with van der Waals surface area (Å²) in [7, 11) is 1.85. The number of guanidine groups is 1. The molecule has 0 bridgehead atoms. The van der Waals surface area contributed by atoms with Gasteiger partial charge in [-0.05, 0) is 67.8 Å². The number of aliphatic imine (C=N–C) groups is 1. The largest absolute Gasteiger partial charge is 0.363 e. The second-order valence-electron chi connectivity index (χ2n) is 7.16. The van der Waals surface area contributed by atoms with Gasteiger partial charge in [-0.25, -0.2) is 0 Å². The van der Waals surface area contributed by atoms with Crippen LogP contribution in [-0.4, -0.2) is 32.1 Å². The smallest absolute Gasteiger partial charge is 0.191 e. The minimum Gasteiger partial charge on any atom is -0.363 e. The topological polar surface area (TPSA) is 39.7 Å². The molecule has 0 radical (unpaired) electrons. The number of nitrogens with one attached hydrogen (secondary N) is 2. The average Bonchev–Trinajstić information content (AvgIpc) is 3.15. The first-order valence-electron chi connectivity index (χ1n) is 9.39. The Labute approximate surface area is 184 Å². The van der Waals surface area contributed by atoms with Crippen LogP contribution in [0.5, 0.6) is 0 Å². The summed E-state index contributed by atoms with van der Waals surface area (Å²) in [5, 5.41) is 10.6. The second kappa shape index (κ2) is 10.3. The maximum Gasteiger partial charge on any atom is 0.191 e. The van der Waals surface area contributed by atoms with Gasteiger partial charge in [0.25, 0.3) is 0 Å². The van der Waals surface area contributed by atoms with Crippen molar-refractivity contribution in [2.45, 2.75) is 46.2 Å². The Bertz CT molecular complexity index is 727. The van der Waals surface area contributed by atoms with Crippen molar-refractivity contribution in [2.75, 3.05) is 25.0 Å². The van der Waals surface area contributed by atoms with E-state index in [1.807, 2.05) is 18.4 Å². The van der Waals surface area contributed by atoms with Crippen molar-refractivity contribution in [1.29, 1.82) is 0 Å². The van der Waals surface area contributed by atoms with Crippen molar-refractivity contribution in [3.05, 3.63) is 51.9 Å². The van der Waals surface area contributed by atoms with Crippen molar-refractivity contribution in [3.8, 4) is 0 Å². The predicted octanol–water partition coefficient (Wildman–Crippen LogP) is 4.63. The number of benzene rings is 1. The van der Waals surface area contributed by atoms with Crippen LogP contribution in [0.3, 0.4) is 0 Å². The maximum atomic E-state index is 4.43. The zero-order chi connectivity index (χ0) is 18.5. The van der Waals surface area contributed by atoms with Gasteiger partial charge < -0.3 is 15.5 Å². The highest BCUT2D eigenvalue weighted by atomic mass is 127. The van der Waals surface area contributed by atoms with Crippen molar-refractivity contribution in [2.24, 2.45) is 4.99 Å². The number of hydrogen-bond acceptors (Lipinski definition) is 3. The summed E-state index contributed by atoms with van der Waals surface area (Å²) in [6, 6.07) is 9.33. The molecule has 1 aromatic carbocycles. The van der Waals surface area contributed by atoms with E-state index in [0.29, 0.717) is 6.04 Å². The van der Waals surface area contributed by atoms with Crippen LogP contribution in [0, 0.1) is 20.8 Å². The summed E-state index contributed by atoms with van der Waals surface area (Å²) in [6.07, 6.45) is 2.28. The number of thiophene rings is 1. The molecule has 2 aromatic rings. The number of hydrogen-bond donors (Lipinski definition) is 2. The van der Waals surface area contributed by atoms with Gasteiger partial charge in [0, 0.05) is 32.7 Å². The number of piperidine rings is 1. The van der Waals surface area contributed by atoms with E-state index in [0.717, 1.165) is 38.4 Å². The molecule has 1 aliphatic rings. The van der Waals surface area contributed by atoms with Gasteiger partial charge in [-0.1, -0.05) is 17.7 Å². The predicted molar refractivity (Wildman–Crippen MR) is 129 cm³/mol. The van der Waals surface area contributed by atoms with Crippen molar-refractivity contribution in [1.82, 2.24) is 10.6 Å². The van der Waals surface area contributed by atoms with E-state index in [1.165, 1.54) is 27.3 Å². The summed E-state index contributed by atoms with van der Waals surface area (Å²) >= 11 is 1.83. The fourth-order valence-corrected chi connectivity index (χ4v) is 4.53. The molecule has 1 fully saturated rings. The molecular formula is C21H31IN4S. The molecule has 1 saturated heterocycles. The van der Waals surface area contributed by atoms with Crippen LogP contribution < -0.4 is 15.5 Å².